The third-order valence-corrected chi connectivity index (χ3v) is 9.12. The van der Waals surface area contributed by atoms with E-state index in [0.29, 0.717) is 21.8 Å². The zero-order valence-electron chi connectivity index (χ0n) is 23.8. The van der Waals surface area contributed by atoms with Crippen LogP contribution in [0.4, 0.5) is 5.82 Å². The number of rotatable bonds is 7. The molecule has 2 aliphatic heterocycles. The van der Waals surface area contributed by atoms with Crippen molar-refractivity contribution in [1.29, 1.82) is 5.26 Å². The first-order chi connectivity index (χ1) is 19.9. The zero-order chi connectivity index (χ0) is 28.8. The number of nitrogens with one attached hydrogen (secondary N) is 1. The number of likely N-dealkylation sites (tertiary alicyclic amines) is 1. The minimum absolute atomic E-state index is 0.0641. The lowest BCUT2D eigenvalue weighted by molar-refractivity contribution is -0.138. The zero-order valence-corrected chi connectivity index (χ0v) is 25.4. The van der Waals surface area contributed by atoms with E-state index in [9.17, 15) is 14.9 Å². The lowest BCUT2D eigenvalue weighted by Crippen LogP contribution is -2.50. The Balaban J connectivity index is 1.21. The first-order valence-electron chi connectivity index (χ1n) is 14.7. The second kappa shape index (κ2) is 13.7. The van der Waals surface area contributed by atoms with Crippen molar-refractivity contribution in [1.82, 2.24) is 30.1 Å². The summed E-state index contributed by atoms with van der Waals surface area (Å²) in [4.78, 5) is 41.7. The summed E-state index contributed by atoms with van der Waals surface area (Å²) in [7, 11) is 2.11. The molecule has 218 valence electrons. The van der Waals surface area contributed by atoms with Gasteiger partial charge in [0.1, 0.15) is 6.07 Å². The van der Waals surface area contributed by atoms with Crippen LogP contribution in [0.1, 0.15) is 66.7 Å². The molecule has 41 heavy (non-hydrogen) atoms. The number of benzene rings is 1. The van der Waals surface area contributed by atoms with Crippen molar-refractivity contribution in [2.24, 2.45) is 5.92 Å². The van der Waals surface area contributed by atoms with Crippen molar-refractivity contribution >= 4 is 33.6 Å². The highest BCUT2D eigenvalue weighted by atomic mass is 79.9. The third kappa shape index (κ3) is 7.42. The minimum atomic E-state index is -0.210. The number of piperidine rings is 1. The van der Waals surface area contributed by atoms with Crippen LogP contribution in [0.25, 0.3) is 0 Å². The molecule has 0 spiro atoms. The molecule has 1 aromatic heterocycles. The lowest BCUT2D eigenvalue weighted by Gasteiger charge is -2.37. The van der Waals surface area contributed by atoms with Crippen molar-refractivity contribution in [3.05, 3.63) is 51.9 Å². The summed E-state index contributed by atoms with van der Waals surface area (Å²) in [5.41, 5.74) is 4.75. The van der Waals surface area contributed by atoms with Crippen molar-refractivity contribution in [2.45, 2.75) is 57.5 Å². The van der Waals surface area contributed by atoms with Gasteiger partial charge in [0.15, 0.2) is 5.82 Å². The molecule has 0 radical (unpaired) electrons. The summed E-state index contributed by atoms with van der Waals surface area (Å²) in [5, 5.41) is 11.2. The predicted octanol–water partition coefficient (Wildman–Crippen LogP) is 3.58. The Labute approximate surface area is 250 Å². The molecule has 1 aliphatic carbocycles. The van der Waals surface area contributed by atoms with Crippen molar-refractivity contribution in [3.8, 4) is 6.07 Å². The molecule has 0 unspecified atom stereocenters. The van der Waals surface area contributed by atoms with Crippen LogP contribution in [0.2, 0.25) is 0 Å². The fourth-order valence-corrected chi connectivity index (χ4v) is 6.49. The van der Waals surface area contributed by atoms with E-state index >= 15 is 0 Å². The topological polar surface area (TPSA) is 109 Å². The van der Waals surface area contributed by atoms with Gasteiger partial charge in [-0.1, -0.05) is 31.4 Å². The van der Waals surface area contributed by atoms with Gasteiger partial charge in [0.25, 0.3) is 5.91 Å². The third-order valence-electron chi connectivity index (χ3n) is 8.56. The van der Waals surface area contributed by atoms with Gasteiger partial charge in [-0.3, -0.25) is 24.9 Å². The molecule has 11 heteroatoms. The molecule has 10 nitrogen and oxygen atoms in total. The minimum Gasteiger partial charge on any atom is -0.340 e. The number of piperazine rings is 1. The van der Waals surface area contributed by atoms with Crippen LogP contribution in [-0.4, -0.2) is 88.8 Å². The number of nitrogens with zero attached hydrogens (tertiary/aromatic N) is 7. The van der Waals surface area contributed by atoms with E-state index in [0.717, 1.165) is 89.9 Å². The molecule has 3 fully saturated rings. The molecular formula is C30H39BrN8O2. The maximum Gasteiger partial charge on any atom is 0.269 e. The maximum atomic E-state index is 13.5. The standard InChI is InChI=1S/C30H39BrN8O2/c1-36-14-16-38(17-15-36)30(41)23-10-12-37(13-11-23)21-22-6-5-7-24(18-22)29(40)35-39(25-8-3-2-4-9-25)28-26(31)20-33-27(19-32)34-28/h5-7,18,20,23,25H,2-4,8-17,21H2,1H3,(H,35,40). The average molecular weight is 624 g/mol. The van der Waals surface area contributed by atoms with E-state index in [2.05, 4.69) is 54.2 Å². The predicted molar refractivity (Wildman–Crippen MR) is 160 cm³/mol. The van der Waals surface area contributed by atoms with Gasteiger partial charge < -0.3 is 9.80 Å². The number of anilines is 1. The summed E-state index contributed by atoms with van der Waals surface area (Å²) < 4.78 is 0.630. The number of carbonyl (C=O) groups is 2. The first-order valence-corrected chi connectivity index (χ1v) is 15.5. The second-order valence-electron chi connectivity index (χ2n) is 11.5. The normalized spacial score (nSPS) is 19.5. The quantitative estimate of drug-likeness (QED) is 0.467. The number of carbonyl (C=O) groups excluding carboxylic acids is 2. The van der Waals surface area contributed by atoms with Crippen molar-refractivity contribution in [3.63, 3.8) is 0 Å². The van der Waals surface area contributed by atoms with E-state index in [1.54, 1.807) is 6.20 Å². The molecule has 1 N–H and O–H groups in total. The number of hydrogen-bond acceptors (Lipinski definition) is 8. The smallest absolute Gasteiger partial charge is 0.269 e. The Kier molecular flexibility index (Phi) is 9.85. The summed E-state index contributed by atoms with van der Waals surface area (Å²) in [6.45, 7) is 6.05. The average Bonchev–Trinajstić information content (AvgIpc) is 3.01. The van der Waals surface area contributed by atoms with Gasteiger partial charge in [-0.25, -0.2) is 4.98 Å². The Morgan fingerprint density at radius 3 is 2.51 bits per heavy atom. The molecule has 1 saturated carbocycles. The van der Waals surface area contributed by atoms with Gasteiger partial charge >= 0.3 is 0 Å². The van der Waals surface area contributed by atoms with E-state index < -0.39 is 0 Å². The molecule has 2 aromatic rings. The number of hydrogen-bond donors (Lipinski definition) is 1. The molecule has 3 aliphatic rings. The highest BCUT2D eigenvalue weighted by molar-refractivity contribution is 9.10. The van der Waals surface area contributed by atoms with Gasteiger partial charge in [-0.05, 0) is 79.4 Å². The summed E-state index contributed by atoms with van der Waals surface area (Å²) in [6.07, 6.45) is 8.52. The van der Waals surface area contributed by atoms with Crippen LogP contribution in [0, 0.1) is 17.2 Å². The second-order valence-corrected chi connectivity index (χ2v) is 12.3. The van der Waals surface area contributed by atoms with Crippen LogP contribution in [0.3, 0.4) is 0 Å². The van der Waals surface area contributed by atoms with E-state index in [1.165, 1.54) is 6.42 Å². The van der Waals surface area contributed by atoms with Crippen LogP contribution in [-0.2, 0) is 11.3 Å². The number of hydrazine groups is 1. The fraction of sp³-hybridized carbons (Fsp3) is 0.567. The molecule has 2 saturated heterocycles. The van der Waals surface area contributed by atoms with Gasteiger partial charge in [0, 0.05) is 50.4 Å². The van der Waals surface area contributed by atoms with Crippen LogP contribution < -0.4 is 10.4 Å². The molecule has 0 bridgehead atoms. The Morgan fingerprint density at radius 2 is 1.80 bits per heavy atom. The number of aromatic nitrogens is 2. The molecule has 3 heterocycles. The Bertz CT molecular complexity index is 1260. The number of amides is 2. The highest BCUT2D eigenvalue weighted by Crippen LogP contribution is 2.30. The summed E-state index contributed by atoms with van der Waals surface area (Å²) in [6, 6.07) is 9.84. The highest BCUT2D eigenvalue weighted by Gasteiger charge is 2.30. The van der Waals surface area contributed by atoms with Crippen LogP contribution in [0.15, 0.2) is 34.9 Å². The molecule has 2 amide bonds. The molecule has 5 rings (SSSR count). The largest absolute Gasteiger partial charge is 0.340 e. The van der Waals surface area contributed by atoms with Gasteiger partial charge in [0.2, 0.25) is 11.7 Å². The molecule has 0 atom stereocenters. The Hall–Kier alpha value is -3.07. The van der Waals surface area contributed by atoms with E-state index in [-0.39, 0.29) is 23.7 Å². The fourth-order valence-electron chi connectivity index (χ4n) is 6.10. The first kappa shape index (κ1) is 29.4. The maximum absolute atomic E-state index is 13.5. The lowest BCUT2D eigenvalue weighted by atomic mass is 9.94. The number of likely N-dealkylation sites (N-methyl/N-ethyl adjacent to an activating group) is 1. The number of halogens is 1. The van der Waals surface area contributed by atoms with Crippen LogP contribution >= 0.6 is 15.9 Å². The number of nitriles is 1. The van der Waals surface area contributed by atoms with Crippen LogP contribution in [0.5, 0.6) is 0 Å². The van der Waals surface area contributed by atoms with Gasteiger partial charge in [0.05, 0.1) is 10.5 Å². The molecular weight excluding hydrogens is 584 g/mol. The van der Waals surface area contributed by atoms with Crippen molar-refractivity contribution < 1.29 is 9.59 Å². The van der Waals surface area contributed by atoms with Crippen molar-refractivity contribution in [2.75, 3.05) is 51.3 Å². The monoisotopic (exact) mass is 622 g/mol. The SMILES string of the molecule is CN1CCN(C(=O)C2CCN(Cc3cccc(C(=O)NN(c4nc(C#N)ncc4Br)C4CCCCC4)c3)CC2)CC1. The van der Waals surface area contributed by atoms with E-state index in [4.69, 9.17) is 0 Å². The summed E-state index contributed by atoms with van der Waals surface area (Å²) in [5.74, 6) is 0.783. The Morgan fingerprint density at radius 1 is 1.07 bits per heavy atom. The molecule has 1 aromatic carbocycles. The van der Waals surface area contributed by atoms with E-state index in [1.807, 2.05) is 34.2 Å². The van der Waals surface area contributed by atoms with Gasteiger partial charge in [-0.15, -0.1) is 0 Å². The van der Waals surface area contributed by atoms with Gasteiger partial charge in [-0.2, -0.15) is 10.2 Å². The summed E-state index contributed by atoms with van der Waals surface area (Å²) >= 11 is 3.52.